The molecule has 0 fully saturated rings. The molecule has 4 aromatic rings. The van der Waals surface area contributed by atoms with Crippen LogP contribution in [0.25, 0.3) is 5.78 Å². The standard InChI is InChI=1S/C23H23N5O4/c1-15(2)27-14-24-23-25-17(12-21(29)28(23)27)13-32-20-7-5-4-6-19(20)26-22(30)16-8-10-18(31-3)11-9-16/h4-12,14-15H,13H2,1-3H3,(H,26,30). The van der Waals surface area contributed by atoms with Crippen molar-refractivity contribution in [1.29, 1.82) is 0 Å². The van der Waals surface area contributed by atoms with Crippen LogP contribution in [0, 0.1) is 0 Å². The largest absolute Gasteiger partial charge is 0.497 e. The van der Waals surface area contributed by atoms with E-state index >= 15 is 0 Å². The van der Waals surface area contributed by atoms with Crippen molar-refractivity contribution in [2.45, 2.75) is 26.5 Å². The SMILES string of the molecule is COc1ccc(C(=O)Nc2ccccc2OCc2cc(=O)n3c(ncn3C(C)C)n2)cc1. The molecule has 32 heavy (non-hydrogen) atoms. The Labute approximate surface area is 184 Å². The van der Waals surface area contributed by atoms with Gasteiger partial charge in [-0.2, -0.15) is 9.50 Å². The Balaban J connectivity index is 1.51. The molecule has 9 heteroatoms. The fourth-order valence-corrected chi connectivity index (χ4v) is 3.20. The maximum atomic E-state index is 12.6. The number of anilines is 1. The monoisotopic (exact) mass is 433 g/mol. The molecule has 164 valence electrons. The van der Waals surface area contributed by atoms with Gasteiger partial charge in [0.2, 0.25) is 0 Å². The van der Waals surface area contributed by atoms with Gasteiger partial charge in [-0.25, -0.2) is 4.98 Å². The number of methoxy groups -OCH3 is 1. The second-order valence-electron chi connectivity index (χ2n) is 7.38. The third-order valence-corrected chi connectivity index (χ3v) is 4.85. The minimum atomic E-state index is -0.277. The lowest BCUT2D eigenvalue weighted by Gasteiger charge is -2.13. The van der Waals surface area contributed by atoms with Crippen molar-refractivity contribution in [3.8, 4) is 11.5 Å². The van der Waals surface area contributed by atoms with E-state index < -0.39 is 0 Å². The van der Waals surface area contributed by atoms with E-state index in [1.165, 1.54) is 10.6 Å². The first kappa shape index (κ1) is 21.1. The fraction of sp³-hybridized carbons (Fsp3) is 0.217. The van der Waals surface area contributed by atoms with Crippen LogP contribution < -0.4 is 20.3 Å². The van der Waals surface area contributed by atoms with Gasteiger partial charge in [0.25, 0.3) is 17.2 Å². The number of fused-ring (bicyclic) bond motifs is 1. The average Bonchev–Trinajstić information content (AvgIpc) is 3.23. The first-order valence-electron chi connectivity index (χ1n) is 10.1. The highest BCUT2D eigenvalue weighted by atomic mass is 16.5. The molecule has 0 radical (unpaired) electrons. The van der Waals surface area contributed by atoms with Gasteiger partial charge in [-0.05, 0) is 50.2 Å². The van der Waals surface area contributed by atoms with Crippen LogP contribution in [-0.4, -0.2) is 32.2 Å². The van der Waals surface area contributed by atoms with Gasteiger partial charge >= 0.3 is 0 Å². The number of ether oxygens (including phenoxy) is 2. The Morgan fingerprint density at radius 2 is 1.88 bits per heavy atom. The molecule has 0 bridgehead atoms. The van der Waals surface area contributed by atoms with Gasteiger partial charge in [-0.1, -0.05) is 12.1 Å². The number of carbonyl (C=O) groups is 1. The second-order valence-corrected chi connectivity index (χ2v) is 7.38. The fourth-order valence-electron chi connectivity index (χ4n) is 3.20. The maximum absolute atomic E-state index is 12.6. The summed E-state index contributed by atoms with van der Waals surface area (Å²) in [7, 11) is 1.57. The molecule has 2 aromatic carbocycles. The summed E-state index contributed by atoms with van der Waals surface area (Å²) in [6, 6.07) is 15.4. The lowest BCUT2D eigenvalue weighted by molar-refractivity contribution is 0.102. The van der Waals surface area contributed by atoms with Gasteiger partial charge in [0, 0.05) is 17.7 Å². The lowest BCUT2D eigenvalue weighted by Crippen LogP contribution is -2.23. The molecule has 0 aliphatic rings. The number of aromatic nitrogens is 4. The van der Waals surface area contributed by atoms with Crippen molar-refractivity contribution in [2.24, 2.45) is 0 Å². The molecule has 0 unspecified atom stereocenters. The summed E-state index contributed by atoms with van der Waals surface area (Å²) in [6.45, 7) is 3.97. The normalized spacial score (nSPS) is 11.0. The van der Waals surface area contributed by atoms with E-state index in [-0.39, 0.29) is 24.1 Å². The highest BCUT2D eigenvalue weighted by Gasteiger charge is 2.13. The topological polar surface area (TPSA) is 99.7 Å². The summed E-state index contributed by atoms with van der Waals surface area (Å²) < 4.78 is 14.1. The van der Waals surface area contributed by atoms with E-state index in [0.29, 0.717) is 34.2 Å². The van der Waals surface area contributed by atoms with E-state index in [0.717, 1.165) is 0 Å². The lowest BCUT2D eigenvalue weighted by atomic mass is 10.2. The zero-order chi connectivity index (χ0) is 22.7. The number of nitrogens with zero attached hydrogens (tertiary/aromatic N) is 4. The van der Waals surface area contributed by atoms with Crippen LogP contribution in [0.4, 0.5) is 5.69 Å². The second kappa shape index (κ2) is 8.93. The van der Waals surface area contributed by atoms with E-state index in [1.54, 1.807) is 66.6 Å². The molecule has 9 nitrogen and oxygen atoms in total. The Morgan fingerprint density at radius 1 is 1.12 bits per heavy atom. The first-order valence-corrected chi connectivity index (χ1v) is 10.1. The van der Waals surface area contributed by atoms with E-state index in [2.05, 4.69) is 15.3 Å². The van der Waals surface area contributed by atoms with Crippen LogP contribution in [0.2, 0.25) is 0 Å². The van der Waals surface area contributed by atoms with Crippen molar-refractivity contribution in [3.63, 3.8) is 0 Å². The van der Waals surface area contributed by atoms with Crippen LogP contribution in [0.15, 0.2) is 65.7 Å². The van der Waals surface area contributed by atoms with Gasteiger partial charge in [0.15, 0.2) is 0 Å². The molecule has 1 N–H and O–H groups in total. The van der Waals surface area contributed by atoms with Crippen LogP contribution in [0.5, 0.6) is 11.5 Å². The molecule has 0 aliphatic carbocycles. The molecule has 0 saturated carbocycles. The average molecular weight is 433 g/mol. The number of carbonyl (C=O) groups excluding carboxylic acids is 1. The van der Waals surface area contributed by atoms with Gasteiger partial charge in [-0.15, -0.1) is 0 Å². The molecule has 2 aromatic heterocycles. The smallest absolute Gasteiger partial charge is 0.274 e. The quantitative estimate of drug-likeness (QED) is 0.480. The molecule has 2 heterocycles. The van der Waals surface area contributed by atoms with Crippen LogP contribution in [0.3, 0.4) is 0 Å². The minimum Gasteiger partial charge on any atom is -0.497 e. The molecular weight excluding hydrogens is 410 g/mol. The number of para-hydroxylation sites is 2. The van der Waals surface area contributed by atoms with E-state index in [9.17, 15) is 9.59 Å². The van der Waals surface area contributed by atoms with Crippen molar-refractivity contribution in [1.82, 2.24) is 19.2 Å². The van der Waals surface area contributed by atoms with Crippen LogP contribution in [-0.2, 0) is 6.61 Å². The van der Waals surface area contributed by atoms with Gasteiger partial charge in [0.05, 0.1) is 18.5 Å². The summed E-state index contributed by atoms with van der Waals surface area (Å²) in [5.74, 6) is 1.17. The van der Waals surface area contributed by atoms with Crippen molar-refractivity contribution >= 4 is 17.4 Å². The highest BCUT2D eigenvalue weighted by molar-refractivity contribution is 6.05. The number of nitrogens with one attached hydrogen (secondary N) is 1. The molecule has 0 atom stereocenters. The molecule has 4 rings (SSSR count). The zero-order valence-electron chi connectivity index (χ0n) is 18.0. The Bertz CT molecular complexity index is 1310. The van der Waals surface area contributed by atoms with Crippen LogP contribution >= 0.6 is 0 Å². The van der Waals surface area contributed by atoms with Gasteiger partial charge < -0.3 is 14.8 Å². The summed E-state index contributed by atoms with van der Waals surface area (Å²) in [6.07, 6.45) is 1.59. The van der Waals surface area contributed by atoms with E-state index in [1.807, 2.05) is 13.8 Å². The maximum Gasteiger partial charge on any atom is 0.274 e. The van der Waals surface area contributed by atoms with Crippen LogP contribution in [0.1, 0.15) is 35.9 Å². The Kier molecular flexibility index (Phi) is 5.89. The summed E-state index contributed by atoms with van der Waals surface area (Å²) >= 11 is 0. The summed E-state index contributed by atoms with van der Waals surface area (Å²) in [5, 5.41) is 2.85. The predicted octanol–water partition coefficient (Wildman–Crippen LogP) is 3.31. The number of amides is 1. The van der Waals surface area contributed by atoms with Gasteiger partial charge in [-0.3, -0.25) is 14.3 Å². The third-order valence-electron chi connectivity index (χ3n) is 4.85. The number of benzene rings is 2. The van der Waals surface area contributed by atoms with Gasteiger partial charge in [0.1, 0.15) is 24.4 Å². The summed E-state index contributed by atoms with van der Waals surface area (Å²) in [4.78, 5) is 33.8. The molecule has 0 aliphatic heterocycles. The number of rotatable bonds is 7. The molecule has 0 saturated heterocycles. The van der Waals surface area contributed by atoms with E-state index in [4.69, 9.17) is 9.47 Å². The van der Waals surface area contributed by atoms with Crippen molar-refractivity contribution in [2.75, 3.05) is 12.4 Å². The molecule has 1 amide bonds. The number of hydrogen-bond acceptors (Lipinski definition) is 6. The third kappa shape index (κ3) is 4.31. The predicted molar refractivity (Wildman–Crippen MR) is 119 cm³/mol. The van der Waals surface area contributed by atoms with Crippen molar-refractivity contribution in [3.05, 3.63) is 82.5 Å². The highest BCUT2D eigenvalue weighted by Crippen LogP contribution is 2.25. The Morgan fingerprint density at radius 3 is 2.59 bits per heavy atom. The first-order chi connectivity index (χ1) is 15.5. The number of hydrogen-bond donors (Lipinski definition) is 1. The Hall–Kier alpha value is -4.14. The van der Waals surface area contributed by atoms with Crippen molar-refractivity contribution < 1.29 is 14.3 Å². The minimum absolute atomic E-state index is 0.0513. The zero-order valence-corrected chi connectivity index (χ0v) is 18.0. The molecule has 0 spiro atoms. The summed E-state index contributed by atoms with van der Waals surface area (Å²) in [5.41, 5.74) is 1.21. The molecular formula is C23H23N5O4.